The maximum Gasteiger partial charge on any atom is 0.573 e. The molecular formula is C28H27F3N4O2. The summed E-state index contributed by atoms with van der Waals surface area (Å²) in [4.78, 5) is 24.3. The van der Waals surface area contributed by atoms with Gasteiger partial charge in [0.05, 0.1) is 11.0 Å². The molecule has 0 saturated carbocycles. The molecular weight excluding hydrogens is 481 g/mol. The van der Waals surface area contributed by atoms with E-state index in [4.69, 9.17) is 4.98 Å². The van der Waals surface area contributed by atoms with Crippen molar-refractivity contribution in [3.63, 3.8) is 0 Å². The number of nitrogens with zero attached hydrogens (tertiary/aromatic N) is 4. The van der Waals surface area contributed by atoms with Crippen LogP contribution in [0.5, 0.6) is 5.75 Å². The number of hydrogen-bond acceptors (Lipinski definition) is 4. The summed E-state index contributed by atoms with van der Waals surface area (Å²) in [5.74, 6) is 0.654. The van der Waals surface area contributed by atoms with Crippen LogP contribution in [-0.2, 0) is 5.41 Å². The molecule has 2 aromatic heterocycles. The number of alkyl halides is 3. The summed E-state index contributed by atoms with van der Waals surface area (Å²) in [5.41, 5.74) is 3.39. The van der Waals surface area contributed by atoms with E-state index in [-0.39, 0.29) is 23.0 Å². The molecule has 2 aromatic carbocycles. The van der Waals surface area contributed by atoms with Gasteiger partial charge in [-0.05, 0) is 60.5 Å². The quantitative estimate of drug-likeness (QED) is 0.327. The van der Waals surface area contributed by atoms with Crippen LogP contribution in [0.1, 0.15) is 54.9 Å². The summed E-state index contributed by atoms with van der Waals surface area (Å²) in [6.45, 7) is 7.35. The van der Waals surface area contributed by atoms with Crippen LogP contribution in [0.15, 0.2) is 67.0 Å². The lowest BCUT2D eigenvalue weighted by atomic mass is 9.95. The fraction of sp³-hybridized carbons (Fsp3) is 0.321. The van der Waals surface area contributed by atoms with Crippen LogP contribution in [0.3, 0.4) is 0 Å². The normalized spacial score (nSPS) is 16.4. The number of benzene rings is 2. The predicted molar refractivity (Wildman–Crippen MR) is 134 cm³/mol. The molecule has 1 unspecified atom stereocenters. The molecule has 3 heterocycles. The lowest BCUT2D eigenvalue weighted by Gasteiger charge is -2.20. The van der Waals surface area contributed by atoms with Gasteiger partial charge in [-0.3, -0.25) is 14.3 Å². The molecule has 0 bridgehead atoms. The number of ether oxygens (including phenoxy) is 1. The molecule has 1 atom stereocenters. The third-order valence-corrected chi connectivity index (χ3v) is 6.53. The Morgan fingerprint density at radius 2 is 1.81 bits per heavy atom. The molecule has 0 radical (unpaired) electrons. The number of amides is 1. The molecule has 1 aliphatic heterocycles. The Kier molecular flexibility index (Phi) is 6.17. The monoisotopic (exact) mass is 508 g/mol. The first kappa shape index (κ1) is 24.8. The maximum atomic E-state index is 13.3. The second-order valence-corrected chi connectivity index (χ2v) is 10.3. The number of rotatable bonds is 4. The number of imidazole rings is 1. The number of carbonyl (C=O) groups is 1. The van der Waals surface area contributed by atoms with Crippen molar-refractivity contribution in [3.8, 4) is 11.4 Å². The lowest BCUT2D eigenvalue weighted by Crippen LogP contribution is -2.28. The van der Waals surface area contributed by atoms with Crippen molar-refractivity contribution in [2.75, 3.05) is 13.1 Å². The van der Waals surface area contributed by atoms with Gasteiger partial charge >= 0.3 is 6.36 Å². The Morgan fingerprint density at radius 3 is 2.46 bits per heavy atom. The minimum atomic E-state index is -4.75. The number of aromatic nitrogens is 3. The topological polar surface area (TPSA) is 60.2 Å². The molecule has 1 amide bonds. The summed E-state index contributed by atoms with van der Waals surface area (Å²) in [7, 11) is 0. The van der Waals surface area contributed by atoms with E-state index in [1.54, 1.807) is 30.5 Å². The first-order valence-electron chi connectivity index (χ1n) is 12.1. The largest absolute Gasteiger partial charge is 0.573 e. The van der Waals surface area contributed by atoms with E-state index in [2.05, 4.69) is 9.72 Å². The Hall–Kier alpha value is -3.88. The first-order chi connectivity index (χ1) is 17.5. The predicted octanol–water partition coefficient (Wildman–Crippen LogP) is 6.25. The zero-order valence-corrected chi connectivity index (χ0v) is 20.8. The van der Waals surface area contributed by atoms with E-state index in [9.17, 15) is 18.0 Å². The summed E-state index contributed by atoms with van der Waals surface area (Å²) < 4.78 is 43.7. The van der Waals surface area contributed by atoms with E-state index in [0.717, 1.165) is 23.3 Å². The van der Waals surface area contributed by atoms with Crippen molar-refractivity contribution in [1.82, 2.24) is 19.4 Å². The van der Waals surface area contributed by atoms with Gasteiger partial charge in [0.15, 0.2) is 0 Å². The Balaban J connectivity index is 1.46. The number of hydrogen-bond donors (Lipinski definition) is 0. The summed E-state index contributed by atoms with van der Waals surface area (Å²) in [5, 5.41) is 0. The minimum Gasteiger partial charge on any atom is -0.406 e. The van der Waals surface area contributed by atoms with Gasteiger partial charge in [-0.25, -0.2) is 4.98 Å². The van der Waals surface area contributed by atoms with Crippen LogP contribution in [0.4, 0.5) is 13.2 Å². The number of fused-ring (bicyclic) bond motifs is 1. The van der Waals surface area contributed by atoms with Gasteiger partial charge < -0.3 is 9.64 Å². The smallest absolute Gasteiger partial charge is 0.406 e. The van der Waals surface area contributed by atoms with Crippen LogP contribution >= 0.6 is 0 Å². The van der Waals surface area contributed by atoms with Crippen molar-refractivity contribution in [3.05, 3.63) is 83.9 Å². The lowest BCUT2D eigenvalue weighted by molar-refractivity contribution is -0.274. The van der Waals surface area contributed by atoms with E-state index >= 15 is 0 Å². The summed E-state index contributed by atoms with van der Waals surface area (Å²) >= 11 is 0. The fourth-order valence-corrected chi connectivity index (χ4v) is 4.79. The van der Waals surface area contributed by atoms with Gasteiger partial charge in [0.1, 0.15) is 11.6 Å². The van der Waals surface area contributed by atoms with E-state index in [1.807, 2.05) is 54.6 Å². The molecule has 0 spiro atoms. The standard InChI is InChI=1S/C28H27F3N4O2/c1-27(2,3)26-33-23-15-18(25(36)34-14-12-20(17-34)19-5-4-13-32-16-19)6-11-24(23)35(26)21-7-9-22(10-8-21)37-28(29,30)31/h4-11,13,15-16,20H,12,14,17H2,1-3H3. The third-order valence-electron chi connectivity index (χ3n) is 6.53. The maximum absolute atomic E-state index is 13.3. The van der Waals surface area contributed by atoms with Crippen molar-refractivity contribution >= 4 is 16.9 Å². The average molecular weight is 509 g/mol. The Bertz CT molecular complexity index is 1420. The zero-order valence-electron chi connectivity index (χ0n) is 20.8. The highest BCUT2D eigenvalue weighted by Crippen LogP contribution is 2.33. The number of pyridine rings is 1. The van der Waals surface area contributed by atoms with Gasteiger partial charge in [0.2, 0.25) is 0 Å². The molecule has 0 N–H and O–H groups in total. The molecule has 1 aliphatic rings. The van der Waals surface area contributed by atoms with Gasteiger partial charge in [0, 0.05) is 48.1 Å². The second-order valence-electron chi connectivity index (χ2n) is 10.3. The summed E-state index contributed by atoms with van der Waals surface area (Å²) in [6.07, 6.45) is -0.272. The van der Waals surface area contributed by atoms with Crippen LogP contribution in [0.2, 0.25) is 0 Å². The molecule has 4 aromatic rings. The number of halogens is 3. The van der Waals surface area contributed by atoms with Crippen molar-refractivity contribution in [2.45, 2.75) is 44.9 Å². The molecule has 6 nitrogen and oxygen atoms in total. The van der Waals surface area contributed by atoms with E-state index in [1.165, 1.54) is 12.1 Å². The fourth-order valence-electron chi connectivity index (χ4n) is 4.79. The molecule has 37 heavy (non-hydrogen) atoms. The minimum absolute atomic E-state index is 0.0474. The number of carbonyl (C=O) groups excluding carboxylic acids is 1. The van der Waals surface area contributed by atoms with E-state index < -0.39 is 6.36 Å². The van der Waals surface area contributed by atoms with Crippen molar-refractivity contribution in [2.24, 2.45) is 0 Å². The Labute approximate surface area is 212 Å². The van der Waals surface area contributed by atoms with Crippen LogP contribution < -0.4 is 4.74 Å². The average Bonchev–Trinajstić information content (AvgIpc) is 3.49. The van der Waals surface area contributed by atoms with Gasteiger partial charge in [-0.2, -0.15) is 0 Å². The van der Waals surface area contributed by atoms with Gasteiger partial charge in [0.25, 0.3) is 5.91 Å². The summed E-state index contributed by atoms with van der Waals surface area (Å²) in [6, 6.07) is 15.1. The molecule has 9 heteroatoms. The number of likely N-dealkylation sites (tertiary alicyclic amines) is 1. The van der Waals surface area contributed by atoms with E-state index in [0.29, 0.717) is 29.9 Å². The molecule has 0 aliphatic carbocycles. The van der Waals surface area contributed by atoms with Crippen LogP contribution in [-0.4, -0.2) is 44.8 Å². The van der Waals surface area contributed by atoms with Crippen molar-refractivity contribution in [1.29, 1.82) is 0 Å². The highest BCUT2D eigenvalue weighted by Gasteiger charge is 2.32. The highest BCUT2D eigenvalue weighted by atomic mass is 19.4. The second kappa shape index (κ2) is 9.21. The van der Waals surface area contributed by atoms with Gasteiger partial charge in [-0.15, -0.1) is 13.2 Å². The van der Waals surface area contributed by atoms with Crippen molar-refractivity contribution < 1.29 is 22.7 Å². The first-order valence-corrected chi connectivity index (χ1v) is 12.1. The third kappa shape index (κ3) is 5.16. The SMILES string of the molecule is CC(C)(C)c1nc2cc(C(=O)N3CCC(c4cccnc4)C3)ccc2n1-c1ccc(OC(F)(F)F)cc1. The molecule has 192 valence electrons. The molecule has 1 saturated heterocycles. The highest BCUT2D eigenvalue weighted by molar-refractivity contribution is 5.98. The zero-order chi connectivity index (χ0) is 26.4. The van der Waals surface area contributed by atoms with Crippen LogP contribution in [0, 0.1) is 0 Å². The Morgan fingerprint density at radius 1 is 1.05 bits per heavy atom. The molecule has 5 rings (SSSR count). The molecule has 1 fully saturated rings. The van der Waals surface area contributed by atoms with Gasteiger partial charge in [-0.1, -0.05) is 26.8 Å². The van der Waals surface area contributed by atoms with Crippen LogP contribution in [0.25, 0.3) is 16.7 Å².